The van der Waals surface area contributed by atoms with Crippen molar-refractivity contribution in [2.75, 3.05) is 6.61 Å². The van der Waals surface area contributed by atoms with Crippen LogP contribution in [0.1, 0.15) is 21.6 Å². The van der Waals surface area contributed by atoms with Gasteiger partial charge in [-0.25, -0.2) is 4.79 Å². The fourth-order valence-corrected chi connectivity index (χ4v) is 0.848. The molecular weight excluding hydrogens is 243 g/mol. The average Bonchev–Trinajstić information content (AvgIpc) is 2.21. The third-order valence-corrected chi connectivity index (χ3v) is 1.49. The molecule has 0 aliphatic carbocycles. The minimum atomic E-state index is -5.18. The van der Waals surface area contributed by atoms with Gasteiger partial charge in [0.15, 0.2) is 0 Å². The number of hydrogen-bond acceptors (Lipinski definition) is 4. The molecule has 0 radical (unpaired) electrons. The molecule has 0 aliphatic rings. The third-order valence-electron chi connectivity index (χ3n) is 1.49. The van der Waals surface area contributed by atoms with E-state index in [0.29, 0.717) is 0 Å². The van der Waals surface area contributed by atoms with Crippen LogP contribution in [0, 0.1) is 0 Å². The molecule has 1 amide bonds. The van der Waals surface area contributed by atoms with E-state index in [4.69, 9.17) is 6.48 Å². The summed E-state index contributed by atoms with van der Waals surface area (Å²) < 4.78 is 47.9. The van der Waals surface area contributed by atoms with Crippen molar-refractivity contribution in [3.63, 3.8) is 0 Å². The van der Waals surface area contributed by atoms with E-state index in [1.807, 2.05) is 0 Å². The normalized spacial score (nSPS) is 16.1. The monoisotopic (exact) mass is 258 g/mol. The molecule has 0 aromatic rings. The zero-order chi connectivity index (χ0) is 14.5. The van der Waals surface area contributed by atoms with Crippen molar-refractivity contribution in [3.8, 4) is 0 Å². The Morgan fingerprint density at radius 1 is 1.47 bits per heavy atom. The molecule has 0 rings (SSSR count). The summed E-state index contributed by atoms with van der Waals surface area (Å²) in [7, 11) is 0. The van der Waals surface area contributed by atoms with Crippen LogP contribution in [-0.2, 0) is 14.3 Å². The molecule has 17 heavy (non-hydrogen) atoms. The molecule has 0 saturated carbocycles. The van der Waals surface area contributed by atoms with E-state index in [1.165, 1.54) is 19.2 Å². The first-order chi connectivity index (χ1) is 8.09. The quantitative estimate of drug-likeness (QED) is 0.698. The van der Waals surface area contributed by atoms with Gasteiger partial charge in [0.2, 0.25) is 0 Å². The number of rotatable bonds is 5. The van der Waals surface area contributed by atoms with Crippen molar-refractivity contribution in [2.24, 2.45) is 0 Å². The molecule has 5 nitrogen and oxygen atoms in total. The summed E-state index contributed by atoms with van der Waals surface area (Å²) in [4.78, 5) is 22.1. The maximum atomic E-state index is 12.0. The summed E-state index contributed by atoms with van der Waals surface area (Å²) in [6.07, 6.45) is -7.43. The molecule has 0 aromatic heterocycles. The maximum absolute atomic E-state index is 12.0. The Balaban J connectivity index is 4.80. The van der Waals surface area contributed by atoms with Crippen LogP contribution in [0.4, 0.5) is 13.2 Å². The predicted molar refractivity (Wildman–Crippen MR) is 50.9 cm³/mol. The summed E-state index contributed by atoms with van der Waals surface area (Å²) >= 11 is 0. The Morgan fingerprint density at radius 3 is 2.35 bits per heavy atom. The first kappa shape index (κ1) is 13.8. The number of halogens is 3. The van der Waals surface area contributed by atoms with Gasteiger partial charge in [-0.15, -0.1) is 0 Å². The van der Waals surface area contributed by atoms with Gasteiger partial charge < -0.3 is 15.2 Å². The lowest BCUT2D eigenvalue weighted by molar-refractivity contribution is -0.176. The molecule has 0 heterocycles. The summed E-state index contributed by atoms with van der Waals surface area (Å²) in [5.41, 5.74) is 0. The smallest absolute Gasteiger partial charge is 0.461 e. The second-order valence-corrected chi connectivity index (χ2v) is 3.35. The van der Waals surface area contributed by atoms with E-state index in [2.05, 4.69) is 4.74 Å². The third kappa shape index (κ3) is 6.10. The highest BCUT2D eigenvalue weighted by molar-refractivity contribution is 5.87. The number of ether oxygens (including phenoxy) is 1. The lowest BCUT2D eigenvalue weighted by Crippen LogP contribution is -2.48. The molecule has 100 valence electrons. The number of aliphatic hydroxyl groups excluding tert-OH is 1. The maximum Gasteiger partial charge on any atom is 0.471 e. The van der Waals surface area contributed by atoms with E-state index in [9.17, 15) is 22.8 Å². The number of esters is 1. The molecule has 0 aromatic carbocycles. The topological polar surface area (TPSA) is 75.6 Å². The highest BCUT2D eigenvalue weighted by Crippen LogP contribution is 2.15. The number of alkyl halides is 3. The second kappa shape index (κ2) is 6.43. The lowest BCUT2D eigenvalue weighted by Gasteiger charge is -2.18. The zero-order valence-corrected chi connectivity index (χ0v) is 9.25. The van der Waals surface area contributed by atoms with Crippen LogP contribution in [0.2, 0.25) is 0 Å². The van der Waals surface area contributed by atoms with E-state index < -0.39 is 43.2 Å². The average molecular weight is 258 g/mol. The molecule has 2 N–H and O–H groups in total. The Bertz CT molecular complexity index is 309. The van der Waals surface area contributed by atoms with E-state index in [-0.39, 0.29) is 0 Å². The van der Waals surface area contributed by atoms with Gasteiger partial charge >= 0.3 is 18.1 Å². The number of carbonyl (C=O) groups excluding carboxylic acids is 2. The van der Waals surface area contributed by atoms with Crippen LogP contribution in [0.15, 0.2) is 0 Å². The molecule has 0 spiro atoms. The minimum absolute atomic E-state index is 0.617. The Labute approximate surface area is 97.3 Å². The first-order valence-corrected chi connectivity index (χ1v) is 4.70. The summed E-state index contributed by atoms with van der Waals surface area (Å²) in [6, 6.07) is -1.87. The lowest BCUT2D eigenvalue weighted by atomic mass is 10.2. The molecule has 0 aliphatic heterocycles. The van der Waals surface area contributed by atoms with E-state index in [0.717, 1.165) is 0 Å². The van der Waals surface area contributed by atoms with Crippen molar-refractivity contribution in [1.29, 1.82) is 0 Å². The van der Waals surface area contributed by atoms with Gasteiger partial charge in [0, 0.05) is 14.4 Å². The van der Waals surface area contributed by atoms with Crippen molar-refractivity contribution in [2.45, 2.75) is 38.6 Å². The Morgan fingerprint density at radius 2 is 2.00 bits per heavy atom. The molecular formula is C9H14F3NO4. The van der Waals surface area contributed by atoms with Crippen molar-refractivity contribution < 1.29 is 34.0 Å². The van der Waals surface area contributed by atoms with Gasteiger partial charge in [-0.05, 0) is 13.8 Å². The zero-order valence-electron chi connectivity index (χ0n) is 10.2. The molecule has 0 fully saturated rings. The van der Waals surface area contributed by atoms with Crippen molar-refractivity contribution in [1.82, 2.24) is 5.32 Å². The van der Waals surface area contributed by atoms with E-state index >= 15 is 0 Å². The van der Waals surface area contributed by atoms with Crippen LogP contribution in [0.3, 0.4) is 0 Å². The molecule has 2 atom stereocenters. The molecule has 0 unspecified atom stereocenters. The number of amides is 1. The SMILES string of the molecule is [2H][C@@H](CO)[C@H](NC(=O)C(F)(F)F)C(=O)OC(C)C. The van der Waals surface area contributed by atoms with E-state index in [1.54, 1.807) is 0 Å². The van der Waals surface area contributed by atoms with Crippen LogP contribution in [0.5, 0.6) is 0 Å². The minimum Gasteiger partial charge on any atom is -0.461 e. The van der Waals surface area contributed by atoms with Gasteiger partial charge in [0.25, 0.3) is 0 Å². The number of hydrogen-bond donors (Lipinski definition) is 2. The van der Waals surface area contributed by atoms with Crippen molar-refractivity contribution in [3.05, 3.63) is 0 Å². The van der Waals surface area contributed by atoms with Gasteiger partial charge in [-0.2, -0.15) is 13.2 Å². The highest BCUT2D eigenvalue weighted by Gasteiger charge is 2.41. The Hall–Kier alpha value is -1.31. The number of carbonyl (C=O) groups is 2. The van der Waals surface area contributed by atoms with Gasteiger partial charge in [-0.3, -0.25) is 4.79 Å². The fourth-order valence-electron chi connectivity index (χ4n) is 0.848. The van der Waals surface area contributed by atoms with Gasteiger partial charge in [0.1, 0.15) is 6.04 Å². The van der Waals surface area contributed by atoms with Gasteiger partial charge in [-0.1, -0.05) is 0 Å². The highest BCUT2D eigenvalue weighted by atomic mass is 19.4. The second-order valence-electron chi connectivity index (χ2n) is 3.35. The van der Waals surface area contributed by atoms with Crippen LogP contribution >= 0.6 is 0 Å². The number of aliphatic hydroxyl groups is 1. The molecule has 0 saturated heterocycles. The number of nitrogens with one attached hydrogen (secondary N) is 1. The fraction of sp³-hybridized carbons (Fsp3) is 0.778. The van der Waals surface area contributed by atoms with Crippen LogP contribution in [0.25, 0.3) is 0 Å². The van der Waals surface area contributed by atoms with Crippen LogP contribution in [-0.4, -0.2) is 41.9 Å². The largest absolute Gasteiger partial charge is 0.471 e. The van der Waals surface area contributed by atoms with Crippen molar-refractivity contribution >= 4 is 11.9 Å². The Kier molecular flexibility index (Phi) is 5.20. The first-order valence-electron chi connectivity index (χ1n) is 5.28. The molecule has 0 bridgehead atoms. The van der Waals surface area contributed by atoms with Crippen LogP contribution < -0.4 is 5.32 Å². The summed E-state index contributed by atoms with van der Waals surface area (Å²) in [5.74, 6) is -3.56. The summed E-state index contributed by atoms with van der Waals surface area (Å²) in [6.45, 7) is 2.02. The molecule has 8 heteroatoms. The van der Waals surface area contributed by atoms with Gasteiger partial charge in [0.05, 0.1) is 6.10 Å². The summed E-state index contributed by atoms with van der Waals surface area (Å²) in [5, 5.41) is 10.0. The standard InChI is InChI=1S/C9H14F3NO4/c1-5(2)17-7(15)6(3-4-14)13-8(16)9(10,11)12/h5-6,14H,3-4H2,1-2H3,(H,13,16)/t6-/m0/s1/i3D/t3-,6-. The predicted octanol–water partition coefficient (Wildman–Crippen LogP) is 0.367.